The molecule has 180 valence electrons. The van der Waals surface area contributed by atoms with Gasteiger partial charge in [-0.1, -0.05) is 48.3 Å². The maximum Gasteiger partial charge on any atom is 0.264 e. The SMILES string of the molecule is CCc1ccc(N=C2NC(=O)/C(=C/c3cc(I)c(OCc4ccc(Cl)c(Cl)c4)c(OC)c3)S2)cc1. The highest BCUT2D eigenvalue weighted by Crippen LogP contribution is 2.37. The van der Waals surface area contributed by atoms with E-state index in [-0.39, 0.29) is 5.91 Å². The molecule has 0 bridgehead atoms. The van der Waals surface area contributed by atoms with Gasteiger partial charge in [-0.3, -0.25) is 4.79 Å². The Morgan fingerprint density at radius 1 is 1.06 bits per heavy atom. The zero-order valence-electron chi connectivity index (χ0n) is 18.9. The van der Waals surface area contributed by atoms with Crippen LogP contribution in [-0.4, -0.2) is 18.2 Å². The van der Waals surface area contributed by atoms with Crippen LogP contribution in [0.15, 0.2) is 64.5 Å². The van der Waals surface area contributed by atoms with E-state index >= 15 is 0 Å². The molecule has 3 aromatic rings. The first-order chi connectivity index (χ1) is 16.9. The van der Waals surface area contributed by atoms with Crippen LogP contribution in [0.4, 0.5) is 5.69 Å². The maximum absolute atomic E-state index is 12.5. The van der Waals surface area contributed by atoms with Crippen molar-refractivity contribution in [2.45, 2.75) is 20.0 Å². The first-order valence-corrected chi connectivity index (χ1v) is 13.3. The molecule has 1 fully saturated rings. The number of carbonyl (C=O) groups excluding carboxylic acids is 1. The van der Waals surface area contributed by atoms with Gasteiger partial charge in [0.2, 0.25) is 0 Å². The molecule has 1 aliphatic heterocycles. The van der Waals surface area contributed by atoms with Gasteiger partial charge in [0.05, 0.1) is 31.3 Å². The number of aryl methyl sites for hydroxylation is 1. The number of benzene rings is 3. The third kappa shape index (κ3) is 6.52. The number of ether oxygens (including phenoxy) is 2. The van der Waals surface area contributed by atoms with Crippen molar-refractivity contribution >= 4 is 80.4 Å². The standard InChI is InChI=1S/C26H21Cl2IN2O3S/c1-3-15-4-7-18(8-5-15)30-26-31-25(32)23(35-26)13-17-11-21(29)24(22(12-17)33-2)34-14-16-6-9-19(27)20(28)10-16/h4-13H,3,14H2,1-2H3,(H,30,31,32)/b23-13-. The molecule has 4 rings (SSSR count). The van der Waals surface area contributed by atoms with Crippen LogP contribution in [0.1, 0.15) is 23.6 Å². The number of amidine groups is 1. The van der Waals surface area contributed by atoms with Gasteiger partial charge in [-0.15, -0.1) is 0 Å². The highest BCUT2D eigenvalue weighted by molar-refractivity contribution is 14.1. The lowest BCUT2D eigenvalue weighted by atomic mass is 10.1. The van der Waals surface area contributed by atoms with Crippen LogP contribution in [0.5, 0.6) is 11.5 Å². The number of nitrogens with one attached hydrogen (secondary N) is 1. The van der Waals surface area contributed by atoms with E-state index in [2.05, 4.69) is 39.8 Å². The number of nitrogens with zero attached hydrogens (tertiary/aromatic N) is 1. The lowest BCUT2D eigenvalue weighted by molar-refractivity contribution is -0.115. The molecule has 0 aromatic heterocycles. The molecule has 0 spiro atoms. The molecule has 5 nitrogen and oxygen atoms in total. The van der Waals surface area contributed by atoms with E-state index in [9.17, 15) is 4.79 Å². The van der Waals surface area contributed by atoms with Crippen LogP contribution in [0.3, 0.4) is 0 Å². The molecular formula is C26H21Cl2IN2O3S. The first-order valence-electron chi connectivity index (χ1n) is 10.7. The zero-order chi connectivity index (χ0) is 24.9. The average molecular weight is 639 g/mol. The third-order valence-electron chi connectivity index (χ3n) is 5.14. The van der Waals surface area contributed by atoms with E-state index < -0.39 is 0 Å². The first kappa shape index (κ1) is 25.9. The lowest BCUT2D eigenvalue weighted by Gasteiger charge is -2.14. The van der Waals surface area contributed by atoms with Crippen molar-refractivity contribution in [3.63, 3.8) is 0 Å². The van der Waals surface area contributed by atoms with Gasteiger partial charge in [0, 0.05) is 0 Å². The van der Waals surface area contributed by atoms with Crippen LogP contribution in [0.25, 0.3) is 6.08 Å². The van der Waals surface area contributed by atoms with Crippen molar-refractivity contribution in [1.82, 2.24) is 5.32 Å². The van der Waals surface area contributed by atoms with Gasteiger partial charge in [-0.2, -0.15) is 0 Å². The summed E-state index contributed by atoms with van der Waals surface area (Å²) in [6.07, 6.45) is 2.78. The summed E-state index contributed by atoms with van der Waals surface area (Å²) in [5.41, 5.74) is 3.74. The minimum atomic E-state index is -0.187. The Balaban J connectivity index is 1.51. The largest absolute Gasteiger partial charge is 0.493 e. The summed E-state index contributed by atoms with van der Waals surface area (Å²) in [7, 11) is 1.58. The maximum atomic E-state index is 12.5. The van der Waals surface area contributed by atoms with E-state index in [1.165, 1.54) is 17.3 Å². The topological polar surface area (TPSA) is 59.9 Å². The van der Waals surface area contributed by atoms with Crippen LogP contribution in [0.2, 0.25) is 10.0 Å². The number of aliphatic imine (C=N–C) groups is 1. The number of hydrogen-bond donors (Lipinski definition) is 1. The van der Waals surface area contributed by atoms with Crippen molar-refractivity contribution in [1.29, 1.82) is 0 Å². The van der Waals surface area contributed by atoms with Crippen molar-refractivity contribution in [2.24, 2.45) is 4.99 Å². The molecular weight excluding hydrogens is 618 g/mol. The predicted octanol–water partition coefficient (Wildman–Crippen LogP) is 7.64. The Hall–Kier alpha value is -2.20. The van der Waals surface area contributed by atoms with Crippen molar-refractivity contribution in [2.75, 3.05) is 7.11 Å². The van der Waals surface area contributed by atoms with Gasteiger partial charge in [0.1, 0.15) is 6.61 Å². The van der Waals surface area contributed by atoms with E-state index in [4.69, 9.17) is 32.7 Å². The Bertz CT molecular complexity index is 1330. The number of rotatable bonds is 7. The summed E-state index contributed by atoms with van der Waals surface area (Å²) in [5, 5.41) is 4.35. The molecule has 1 heterocycles. The predicted molar refractivity (Wildman–Crippen MR) is 153 cm³/mol. The van der Waals surface area contributed by atoms with Gasteiger partial charge >= 0.3 is 0 Å². The number of carbonyl (C=O) groups is 1. The Kier molecular flexibility index (Phi) is 8.64. The molecule has 1 amide bonds. The summed E-state index contributed by atoms with van der Waals surface area (Å²) in [6.45, 7) is 2.41. The van der Waals surface area contributed by atoms with Gasteiger partial charge in [0.25, 0.3) is 5.91 Å². The van der Waals surface area contributed by atoms with Crippen molar-refractivity contribution in [3.05, 3.63) is 89.8 Å². The molecule has 35 heavy (non-hydrogen) atoms. The molecule has 0 saturated carbocycles. The number of thioether (sulfide) groups is 1. The fraction of sp³-hybridized carbons (Fsp3) is 0.154. The molecule has 0 aliphatic carbocycles. The number of methoxy groups -OCH3 is 1. The fourth-order valence-electron chi connectivity index (χ4n) is 3.30. The summed E-state index contributed by atoms with van der Waals surface area (Å²) in [5.74, 6) is 0.993. The van der Waals surface area contributed by atoms with E-state index in [0.29, 0.717) is 38.2 Å². The molecule has 0 radical (unpaired) electrons. The van der Waals surface area contributed by atoms with Gasteiger partial charge < -0.3 is 14.8 Å². The van der Waals surface area contributed by atoms with Gasteiger partial charge in [0.15, 0.2) is 16.7 Å². The molecule has 1 saturated heterocycles. The molecule has 0 unspecified atom stereocenters. The second-order valence-corrected chi connectivity index (χ2v) is 10.6. The minimum absolute atomic E-state index is 0.187. The number of halogens is 3. The Labute approximate surface area is 232 Å². The summed E-state index contributed by atoms with van der Waals surface area (Å²) < 4.78 is 12.4. The van der Waals surface area contributed by atoms with Gasteiger partial charge in [-0.05, 0) is 99.9 Å². The third-order valence-corrected chi connectivity index (χ3v) is 7.59. The van der Waals surface area contributed by atoms with Crippen molar-refractivity contribution in [3.8, 4) is 11.5 Å². The lowest BCUT2D eigenvalue weighted by Crippen LogP contribution is -2.19. The quantitative estimate of drug-likeness (QED) is 0.213. The minimum Gasteiger partial charge on any atom is -0.493 e. The summed E-state index contributed by atoms with van der Waals surface area (Å²) >= 11 is 15.6. The highest BCUT2D eigenvalue weighted by Gasteiger charge is 2.24. The monoisotopic (exact) mass is 638 g/mol. The summed E-state index contributed by atoms with van der Waals surface area (Å²) in [6, 6.07) is 17.1. The van der Waals surface area contributed by atoms with Crippen LogP contribution in [0, 0.1) is 3.57 Å². The van der Waals surface area contributed by atoms with E-state index in [1.807, 2.05) is 48.5 Å². The summed E-state index contributed by atoms with van der Waals surface area (Å²) in [4.78, 5) is 17.6. The smallest absolute Gasteiger partial charge is 0.264 e. The van der Waals surface area contributed by atoms with Crippen LogP contribution in [-0.2, 0) is 17.8 Å². The van der Waals surface area contributed by atoms with E-state index in [0.717, 1.165) is 26.8 Å². The van der Waals surface area contributed by atoms with Crippen LogP contribution >= 0.6 is 57.6 Å². The number of amides is 1. The second-order valence-electron chi connectivity index (χ2n) is 7.57. The normalized spacial score (nSPS) is 15.5. The Morgan fingerprint density at radius 2 is 1.80 bits per heavy atom. The molecule has 1 N–H and O–H groups in total. The van der Waals surface area contributed by atoms with Gasteiger partial charge in [-0.25, -0.2) is 4.99 Å². The van der Waals surface area contributed by atoms with Crippen molar-refractivity contribution < 1.29 is 14.3 Å². The molecule has 3 aromatic carbocycles. The fourth-order valence-corrected chi connectivity index (χ4v) is 5.25. The van der Waals surface area contributed by atoms with E-state index in [1.54, 1.807) is 19.2 Å². The molecule has 1 aliphatic rings. The zero-order valence-corrected chi connectivity index (χ0v) is 23.4. The Morgan fingerprint density at radius 3 is 2.49 bits per heavy atom. The van der Waals surface area contributed by atoms with Crippen LogP contribution < -0.4 is 14.8 Å². The average Bonchev–Trinajstić information content (AvgIpc) is 3.18. The highest BCUT2D eigenvalue weighted by atomic mass is 127. The molecule has 0 atom stereocenters. The second kappa shape index (κ2) is 11.7. The number of hydrogen-bond acceptors (Lipinski definition) is 5. The molecule has 9 heteroatoms.